The number of amides is 1. The number of carbonyl (C=O) groups is 1. The molecule has 0 bridgehead atoms. The smallest absolute Gasteiger partial charge is 0.261 e. The highest BCUT2D eigenvalue weighted by Crippen LogP contribution is 2.17. The predicted octanol–water partition coefficient (Wildman–Crippen LogP) is 2.93. The van der Waals surface area contributed by atoms with E-state index in [4.69, 9.17) is 0 Å². The molecule has 2 aromatic rings. The molecule has 0 saturated carbocycles. The highest BCUT2D eigenvalue weighted by atomic mass is 32.2. The molecule has 0 aliphatic rings. The predicted molar refractivity (Wildman–Crippen MR) is 91.0 cm³/mol. The average Bonchev–Trinajstić information content (AvgIpc) is 2.49. The summed E-state index contributed by atoms with van der Waals surface area (Å²) >= 11 is 0. The SMILES string of the molecule is Cc1ccc(NS(=O)(=O)c2cccc(C(=O)NC(C)C)c2)cc1. The molecular formula is C17H20N2O3S. The van der Waals surface area contributed by atoms with Gasteiger partial charge in [-0.05, 0) is 51.1 Å². The van der Waals surface area contributed by atoms with Gasteiger partial charge in [0.25, 0.3) is 15.9 Å². The standard InChI is InChI=1S/C17H20N2O3S/c1-12(2)18-17(20)14-5-4-6-16(11-14)23(21,22)19-15-9-7-13(3)8-10-15/h4-12,19H,1-3H3,(H,18,20). The monoisotopic (exact) mass is 332 g/mol. The maximum absolute atomic E-state index is 12.4. The van der Waals surface area contributed by atoms with Crippen molar-refractivity contribution in [2.75, 3.05) is 4.72 Å². The van der Waals surface area contributed by atoms with Crippen LogP contribution >= 0.6 is 0 Å². The van der Waals surface area contributed by atoms with Crippen molar-refractivity contribution in [1.82, 2.24) is 5.32 Å². The quantitative estimate of drug-likeness (QED) is 0.884. The molecule has 0 unspecified atom stereocenters. The average molecular weight is 332 g/mol. The zero-order chi connectivity index (χ0) is 17.0. The van der Waals surface area contributed by atoms with Gasteiger partial charge in [0.1, 0.15) is 0 Å². The molecule has 0 fully saturated rings. The second-order valence-corrected chi connectivity index (χ2v) is 7.31. The normalized spacial score (nSPS) is 11.3. The lowest BCUT2D eigenvalue weighted by Gasteiger charge is -2.11. The van der Waals surface area contributed by atoms with Crippen molar-refractivity contribution in [1.29, 1.82) is 0 Å². The maximum Gasteiger partial charge on any atom is 0.261 e. The van der Waals surface area contributed by atoms with Gasteiger partial charge < -0.3 is 5.32 Å². The summed E-state index contributed by atoms with van der Waals surface area (Å²) in [4.78, 5) is 12.1. The van der Waals surface area contributed by atoms with Crippen LogP contribution in [0.4, 0.5) is 5.69 Å². The lowest BCUT2D eigenvalue weighted by molar-refractivity contribution is 0.0943. The number of anilines is 1. The lowest BCUT2D eigenvalue weighted by Crippen LogP contribution is -2.30. The van der Waals surface area contributed by atoms with Crippen molar-refractivity contribution in [2.24, 2.45) is 0 Å². The topological polar surface area (TPSA) is 75.3 Å². The molecule has 0 saturated heterocycles. The summed E-state index contributed by atoms with van der Waals surface area (Å²) in [5.74, 6) is -0.299. The summed E-state index contributed by atoms with van der Waals surface area (Å²) in [5, 5.41) is 2.74. The van der Waals surface area contributed by atoms with Crippen LogP contribution in [0.1, 0.15) is 29.8 Å². The van der Waals surface area contributed by atoms with Gasteiger partial charge in [-0.3, -0.25) is 9.52 Å². The highest BCUT2D eigenvalue weighted by Gasteiger charge is 2.16. The van der Waals surface area contributed by atoms with Gasteiger partial charge in [-0.2, -0.15) is 0 Å². The molecule has 5 nitrogen and oxygen atoms in total. The molecule has 2 N–H and O–H groups in total. The third kappa shape index (κ3) is 4.56. The molecule has 0 spiro atoms. The Bertz CT molecular complexity index is 797. The fourth-order valence-electron chi connectivity index (χ4n) is 1.99. The first-order chi connectivity index (χ1) is 10.8. The zero-order valence-corrected chi connectivity index (χ0v) is 14.1. The minimum absolute atomic E-state index is 0.0200. The molecule has 6 heteroatoms. The Labute approximate surface area is 136 Å². The number of hydrogen-bond donors (Lipinski definition) is 2. The molecule has 2 aromatic carbocycles. The van der Waals surface area contributed by atoms with Crippen molar-refractivity contribution >= 4 is 21.6 Å². The van der Waals surface area contributed by atoms with Crippen LogP contribution in [-0.2, 0) is 10.0 Å². The van der Waals surface area contributed by atoms with Crippen LogP contribution in [-0.4, -0.2) is 20.4 Å². The number of rotatable bonds is 5. The summed E-state index contributed by atoms with van der Waals surface area (Å²) in [7, 11) is -3.74. The lowest BCUT2D eigenvalue weighted by atomic mass is 10.2. The largest absolute Gasteiger partial charge is 0.350 e. The van der Waals surface area contributed by atoms with Crippen molar-refractivity contribution in [2.45, 2.75) is 31.7 Å². The number of sulfonamides is 1. The first-order valence-corrected chi connectivity index (χ1v) is 8.76. The first kappa shape index (κ1) is 17.0. The third-order valence-electron chi connectivity index (χ3n) is 3.13. The Morgan fingerprint density at radius 2 is 1.70 bits per heavy atom. The summed E-state index contributed by atoms with van der Waals surface area (Å²) in [5.41, 5.74) is 1.83. The van der Waals surface area contributed by atoms with Gasteiger partial charge in [-0.15, -0.1) is 0 Å². The molecule has 0 radical (unpaired) electrons. The van der Waals surface area contributed by atoms with E-state index in [1.165, 1.54) is 12.1 Å². The van der Waals surface area contributed by atoms with Crippen LogP contribution < -0.4 is 10.0 Å². The number of aryl methyl sites for hydroxylation is 1. The van der Waals surface area contributed by atoms with Gasteiger partial charge in [0.2, 0.25) is 0 Å². The van der Waals surface area contributed by atoms with E-state index in [0.717, 1.165) is 5.56 Å². The summed E-state index contributed by atoms with van der Waals surface area (Å²) in [6.45, 7) is 5.62. The minimum atomic E-state index is -3.74. The van der Waals surface area contributed by atoms with Crippen molar-refractivity contribution < 1.29 is 13.2 Å². The molecule has 0 heterocycles. The van der Waals surface area contributed by atoms with Gasteiger partial charge in [-0.25, -0.2) is 8.42 Å². The van der Waals surface area contributed by atoms with Crippen LogP contribution in [0.2, 0.25) is 0 Å². The summed E-state index contributed by atoms with van der Waals surface area (Å²) in [6.07, 6.45) is 0. The van der Waals surface area contributed by atoms with E-state index in [1.807, 2.05) is 32.9 Å². The van der Waals surface area contributed by atoms with E-state index in [0.29, 0.717) is 11.3 Å². The van der Waals surface area contributed by atoms with E-state index in [-0.39, 0.29) is 16.8 Å². The van der Waals surface area contributed by atoms with Gasteiger partial charge >= 0.3 is 0 Å². The van der Waals surface area contributed by atoms with Gasteiger partial charge in [0, 0.05) is 17.3 Å². The van der Waals surface area contributed by atoms with Crippen molar-refractivity contribution in [3.8, 4) is 0 Å². The molecular weight excluding hydrogens is 312 g/mol. The summed E-state index contributed by atoms with van der Waals surface area (Å²) in [6, 6.07) is 13.0. The fourth-order valence-corrected chi connectivity index (χ4v) is 3.09. The Morgan fingerprint density at radius 3 is 2.30 bits per heavy atom. The van der Waals surface area contributed by atoms with E-state index in [1.54, 1.807) is 24.3 Å². The first-order valence-electron chi connectivity index (χ1n) is 7.28. The van der Waals surface area contributed by atoms with E-state index in [9.17, 15) is 13.2 Å². The van der Waals surface area contributed by atoms with Crippen LogP contribution in [0.5, 0.6) is 0 Å². The van der Waals surface area contributed by atoms with E-state index < -0.39 is 10.0 Å². The van der Waals surface area contributed by atoms with Crippen molar-refractivity contribution in [3.63, 3.8) is 0 Å². The van der Waals surface area contributed by atoms with Gasteiger partial charge in [0.05, 0.1) is 4.90 Å². The van der Waals surface area contributed by atoms with Crippen molar-refractivity contribution in [3.05, 3.63) is 59.7 Å². The molecule has 0 atom stereocenters. The Kier molecular flexibility index (Phi) is 5.05. The third-order valence-corrected chi connectivity index (χ3v) is 4.51. The van der Waals surface area contributed by atoms with E-state index in [2.05, 4.69) is 10.0 Å². The minimum Gasteiger partial charge on any atom is -0.350 e. The van der Waals surface area contributed by atoms with Crippen LogP contribution in [0.15, 0.2) is 53.4 Å². The maximum atomic E-state index is 12.4. The second kappa shape index (κ2) is 6.83. The Hall–Kier alpha value is -2.34. The highest BCUT2D eigenvalue weighted by molar-refractivity contribution is 7.92. The zero-order valence-electron chi connectivity index (χ0n) is 13.3. The molecule has 0 aliphatic carbocycles. The fraction of sp³-hybridized carbons (Fsp3) is 0.235. The van der Waals surface area contributed by atoms with Gasteiger partial charge in [-0.1, -0.05) is 23.8 Å². The number of hydrogen-bond acceptors (Lipinski definition) is 3. The number of nitrogens with one attached hydrogen (secondary N) is 2. The summed E-state index contributed by atoms with van der Waals surface area (Å²) < 4.78 is 27.4. The Balaban J connectivity index is 2.26. The number of benzene rings is 2. The van der Waals surface area contributed by atoms with Gasteiger partial charge in [0.15, 0.2) is 0 Å². The second-order valence-electron chi connectivity index (χ2n) is 5.63. The van der Waals surface area contributed by atoms with E-state index >= 15 is 0 Å². The van der Waals surface area contributed by atoms with Crippen LogP contribution in [0.25, 0.3) is 0 Å². The molecule has 23 heavy (non-hydrogen) atoms. The van der Waals surface area contributed by atoms with Crippen LogP contribution in [0.3, 0.4) is 0 Å². The molecule has 122 valence electrons. The molecule has 1 amide bonds. The molecule has 2 rings (SSSR count). The number of carbonyl (C=O) groups excluding carboxylic acids is 1. The molecule has 0 aromatic heterocycles. The Morgan fingerprint density at radius 1 is 1.04 bits per heavy atom. The van der Waals surface area contributed by atoms with Crippen LogP contribution in [0, 0.1) is 6.92 Å². The molecule has 0 aliphatic heterocycles.